The summed E-state index contributed by atoms with van der Waals surface area (Å²) < 4.78 is 5.22. The highest BCUT2D eigenvalue weighted by atomic mass is 16.5. The molecule has 0 atom stereocenters. The van der Waals surface area contributed by atoms with Gasteiger partial charge in [-0.05, 0) is 6.92 Å². The molecule has 0 spiro atoms. The van der Waals surface area contributed by atoms with Crippen LogP contribution in [0.3, 0.4) is 0 Å². The van der Waals surface area contributed by atoms with E-state index in [0.717, 1.165) is 5.82 Å². The molecule has 1 aromatic heterocycles. The standard InChI is InChI=1S/C10H13N3O/c1-3-5-6-11-9-7-10(14-4-2)13-8-12-9/h1,7-8H,4-6H2,2H3,(H,11,12,13). The molecule has 74 valence electrons. The number of nitrogens with one attached hydrogen (secondary N) is 1. The van der Waals surface area contributed by atoms with E-state index < -0.39 is 0 Å². The molecule has 0 bridgehead atoms. The van der Waals surface area contributed by atoms with Gasteiger partial charge < -0.3 is 10.1 Å². The van der Waals surface area contributed by atoms with Crippen molar-refractivity contribution in [2.45, 2.75) is 13.3 Å². The Kier molecular flexibility index (Phi) is 4.29. The van der Waals surface area contributed by atoms with Crippen molar-refractivity contribution >= 4 is 5.82 Å². The smallest absolute Gasteiger partial charge is 0.218 e. The van der Waals surface area contributed by atoms with Crippen molar-refractivity contribution in [3.8, 4) is 18.2 Å². The number of rotatable bonds is 5. The van der Waals surface area contributed by atoms with Crippen molar-refractivity contribution in [3.63, 3.8) is 0 Å². The van der Waals surface area contributed by atoms with Gasteiger partial charge in [-0.2, -0.15) is 0 Å². The second kappa shape index (κ2) is 5.81. The quantitative estimate of drug-likeness (QED) is 0.563. The summed E-state index contributed by atoms with van der Waals surface area (Å²) in [5, 5.41) is 3.07. The van der Waals surface area contributed by atoms with Crippen LogP contribution in [-0.4, -0.2) is 23.1 Å². The van der Waals surface area contributed by atoms with Crippen LogP contribution >= 0.6 is 0 Å². The van der Waals surface area contributed by atoms with Crippen molar-refractivity contribution in [1.82, 2.24) is 9.97 Å². The zero-order valence-corrected chi connectivity index (χ0v) is 8.16. The first-order valence-electron chi connectivity index (χ1n) is 4.49. The van der Waals surface area contributed by atoms with Crippen LogP contribution in [0.25, 0.3) is 0 Å². The minimum atomic E-state index is 0.575. The van der Waals surface area contributed by atoms with Crippen molar-refractivity contribution in [3.05, 3.63) is 12.4 Å². The van der Waals surface area contributed by atoms with Crippen LogP contribution in [0.4, 0.5) is 5.82 Å². The molecule has 0 fully saturated rings. The van der Waals surface area contributed by atoms with Crippen LogP contribution in [0.15, 0.2) is 12.4 Å². The van der Waals surface area contributed by atoms with E-state index in [4.69, 9.17) is 11.2 Å². The minimum Gasteiger partial charge on any atom is -0.478 e. The summed E-state index contributed by atoms with van der Waals surface area (Å²) in [6.45, 7) is 3.22. The van der Waals surface area contributed by atoms with Crippen molar-refractivity contribution in [1.29, 1.82) is 0 Å². The van der Waals surface area contributed by atoms with Gasteiger partial charge in [0.25, 0.3) is 0 Å². The average Bonchev–Trinajstić information content (AvgIpc) is 2.19. The summed E-state index contributed by atoms with van der Waals surface area (Å²) in [5.74, 6) is 3.85. The highest BCUT2D eigenvalue weighted by Gasteiger charge is 1.97. The van der Waals surface area contributed by atoms with Gasteiger partial charge in [-0.15, -0.1) is 12.3 Å². The molecule has 0 saturated heterocycles. The molecule has 1 aromatic rings. The predicted octanol–water partition coefficient (Wildman–Crippen LogP) is 1.31. The van der Waals surface area contributed by atoms with Crippen LogP contribution in [0.5, 0.6) is 5.88 Å². The highest BCUT2D eigenvalue weighted by Crippen LogP contribution is 2.10. The number of hydrogen-bond donors (Lipinski definition) is 1. The van der Waals surface area contributed by atoms with E-state index in [9.17, 15) is 0 Å². The van der Waals surface area contributed by atoms with Gasteiger partial charge >= 0.3 is 0 Å². The normalized spacial score (nSPS) is 9.14. The Bertz CT molecular complexity index is 319. The fourth-order valence-corrected chi connectivity index (χ4v) is 0.926. The summed E-state index contributed by atoms with van der Waals surface area (Å²) in [6, 6.07) is 1.75. The largest absolute Gasteiger partial charge is 0.478 e. The van der Waals surface area contributed by atoms with Crippen LogP contribution in [0.2, 0.25) is 0 Å². The van der Waals surface area contributed by atoms with E-state index in [1.54, 1.807) is 6.07 Å². The Morgan fingerprint density at radius 2 is 2.43 bits per heavy atom. The summed E-state index contributed by atoms with van der Waals surface area (Å²) >= 11 is 0. The molecule has 0 unspecified atom stereocenters. The third-order valence-corrected chi connectivity index (χ3v) is 1.51. The molecule has 0 saturated carbocycles. The Morgan fingerprint density at radius 1 is 1.57 bits per heavy atom. The molecule has 0 aliphatic heterocycles. The molecule has 0 amide bonds. The average molecular weight is 191 g/mol. The number of ether oxygens (including phenoxy) is 1. The Balaban J connectivity index is 2.51. The molecule has 0 aliphatic rings. The zero-order chi connectivity index (χ0) is 10.2. The van der Waals surface area contributed by atoms with E-state index in [1.807, 2.05) is 6.92 Å². The third kappa shape index (κ3) is 3.31. The monoisotopic (exact) mass is 191 g/mol. The topological polar surface area (TPSA) is 47.0 Å². The van der Waals surface area contributed by atoms with Crippen LogP contribution in [0, 0.1) is 12.3 Å². The molecule has 14 heavy (non-hydrogen) atoms. The molecular weight excluding hydrogens is 178 g/mol. The van der Waals surface area contributed by atoms with Gasteiger partial charge in [0.05, 0.1) is 6.61 Å². The molecule has 4 heteroatoms. The summed E-state index contributed by atoms with van der Waals surface area (Å²) in [5.41, 5.74) is 0. The predicted molar refractivity (Wildman–Crippen MR) is 55.1 cm³/mol. The Morgan fingerprint density at radius 3 is 3.14 bits per heavy atom. The van der Waals surface area contributed by atoms with Crippen molar-refractivity contribution in [2.24, 2.45) is 0 Å². The molecule has 1 N–H and O–H groups in total. The maximum absolute atomic E-state index is 5.22. The first-order chi connectivity index (χ1) is 6.86. The van der Waals surface area contributed by atoms with E-state index >= 15 is 0 Å². The number of aromatic nitrogens is 2. The summed E-state index contributed by atoms with van der Waals surface area (Å²) in [6.07, 6.45) is 7.26. The molecular formula is C10H13N3O. The third-order valence-electron chi connectivity index (χ3n) is 1.51. The number of anilines is 1. The molecule has 1 rings (SSSR count). The minimum absolute atomic E-state index is 0.575. The summed E-state index contributed by atoms with van der Waals surface area (Å²) in [7, 11) is 0. The first-order valence-corrected chi connectivity index (χ1v) is 4.49. The second-order valence-corrected chi connectivity index (χ2v) is 2.56. The molecule has 0 aromatic carbocycles. The van der Waals surface area contributed by atoms with Gasteiger partial charge in [0.2, 0.25) is 5.88 Å². The SMILES string of the molecule is C#CCCNc1cc(OCC)ncn1. The maximum atomic E-state index is 5.22. The van der Waals surface area contributed by atoms with Gasteiger partial charge in [0, 0.05) is 19.0 Å². The lowest BCUT2D eigenvalue weighted by Crippen LogP contribution is -2.03. The van der Waals surface area contributed by atoms with Gasteiger partial charge in [-0.25, -0.2) is 9.97 Å². The van der Waals surface area contributed by atoms with Crippen LogP contribution < -0.4 is 10.1 Å². The molecule has 1 heterocycles. The van der Waals surface area contributed by atoms with E-state index in [2.05, 4.69) is 21.2 Å². The van der Waals surface area contributed by atoms with Gasteiger partial charge in [0.1, 0.15) is 12.1 Å². The van der Waals surface area contributed by atoms with Crippen LogP contribution in [-0.2, 0) is 0 Å². The van der Waals surface area contributed by atoms with Gasteiger partial charge in [0.15, 0.2) is 0 Å². The number of hydrogen-bond acceptors (Lipinski definition) is 4. The van der Waals surface area contributed by atoms with Gasteiger partial charge in [-0.3, -0.25) is 0 Å². The van der Waals surface area contributed by atoms with E-state index in [1.165, 1.54) is 6.33 Å². The van der Waals surface area contributed by atoms with Crippen molar-refractivity contribution < 1.29 is 4.74 Å². The Labute approximate surface area is 83.7 Å². The van der Waals surface area contributed by atoms with Gasteiger partial charge in [-0.1, -0.05) is 0 Å². The van der Waals surface area contributed by atoms with Crippen LogP contribution in [0.1, 0.15) is 13.3 Å². The lowest BCUT2D eigenvalue weighted by atomic mass is 10.4. The second-order valence-electron chi connectivity index (χ2n) is 2.56. The first kappa shape index (κ1) is 10.3. The summed E-state index contributed by atoms with van der Waals surface area (Å²) in [4.78, 5) is 7.97. The Hall–Kier alpha value is -1.76. The molecule has 0 radical (unpaired) electrons. The number of terminal acetylenes is 1. The molecule has 0 aliphatic carbocycles. The lowest BCUT2D eigenvalue weighted by molar-refractivity contribution is 0.326. The lowest BCUT2D eigenvalue weighted by Gasteiger charge is -2.05. The zero-order valence-electron chi connectivity index (χ0n) is 8.16. The number of nitrogens with zero attached hydrogens (tertiary/aromatic N) is 2. The fourth-order valence-electron chi connectivity index (χ4n) is 0.926. The molecule has 4 nitrogen and oxygen atoms in total. The maximum Gasteiger partial charge on any atom is 0.218 e. The highest BCUT2D eigenvalue weighted by molar-refractivity contribution is 5.37. The fraction of sp³-hybridized carbons (Fsp3) is 0.400. The van der Waals surface area contributed by atoms with E-state index in [-0.39, 0.29) is 0 Å². The van der Waals surface area contributed by atoms with Crippen molar-refractivity contribution in [2.75, 3.05) is 18.5 Å². The van der Waals surface area contributed by atoms with E-state index in [0.29, 0.717) is 25.5 Å².